The highest BCUT2D eigenvalue weighted by Gasteiger charge is 2.72. The van der Waals surface area contributed by atoms with Crippen LogP contribution < -0.4 is 4.90 Å². The number of carbonyl (C=O) groups excluding carboxylic acids is 3. The molecule has 39 heavy (non-hydrogen) atoms. The summed E-state index contributed by atoms with van der Waals surface area (Å²) in [4.78, 5) is 47.2. The molecule has 3 amide bonds. The zero-order valence-electron chi connectivity index (χ0n) is 21.5. The Morgan fingerprint density at radius 2 is 1.74 bits per heavy atom. The van der Waals surface area contributed by atoms with Crippen LogP contribution >= 0.6 is 11.6 Å². The van der Waals surface area contributed by atoms with Gasteiger partial charge in [-0.05, 0) is 24.1 Å². The van der Waals surface area contributed by atoms with E-state index < -0.39 is 35.6 Å². The Morgan fingerprint density at radius 1 is 1.00 bits per heavy atom. The van der Waals surface area contributed by atoms with Crippen LogP contribution in [0.15, 0.2) is 78.9 Å². The molecule has 2 aromatic carbocycles. The van der Waals surface area contributed by atoms with Crippen molar-refractivity contribution in [2.45, 2.75) is 30.2 Å². The molecule has 2 fully saturated rings. The monoisotopic (exact) mass is 547 g/mol. The Kier molecular flexibility index (Phi) is 6.57. The molecule has 0 saturated carbocycles. The van der Waals surface area contributed by atoms with Gasteiger partial charge in [-0.2, -0.15) is 0 Å². The first-order chi connectivity index (χ1) is 18.9. The van der Waals surface area contributed by atoms with E-state index in [1.54, 1.807) is 47.2 Å². The van der Waals surface area contributed by atoms with Crippen LogP contribution in [0.1, 0.15) is 5.56 Å². The SMILES string of the molecule is CN1CC=C[C@@H]2O[C@]34C=CCN(c5ccccc5Cl)C(=O)C3N([C@@H](CO)Cc3ccccc3)C(=O)[C@@H]4[C@@H]2C1=O. The molecule has 2 aromatic rings. The summed E-state index contributed by atoms with van der Waals surface area (Å²) in [5.74, 6) is -2.62. The molecule has 0 bridgehead atoms. The first-order valence-corrected chi connectivity index (χ1v) is 13.5. The van der Waals surface area contributed by atoms with Gasteiger partial charge in [0.2, 0.25) is 11.8 Å². The highest BCUT2D eigenvalue weighted by atomic mass is 35.5. The van der Waals surface area contributed by atoms with Crippen molar-refractivity contribution in [1.29, 1.82) is 0 Å². The van der Waals surface area contributed by atoms with Crippen molar-refractivity contribution in [2.75, 3.05) is 31.6 Å². The Labute approximate surface area is 232 Å². The number of aliphatic hydroxyl groups excluding tert-OH is 1. The minimum atomic E-state index is -1.37. The molecule has 202 valence electrons. The number of para-hydroxylation sites is 1. The Hall–Kier alpha value is -3.46. The van der Waals surface area contributed by atoms with E-state index >= 15 is 0 Å². The van der Waals surface area contributed by atoms with Gasteiger partial charge in [-0.3, -0.25) is 14.4 Å². The minimum absolute atomic E-state index is 0.197. The molecule has 4 aliphatic rings. The van der Waals surface area contributed by atoms with E-state index in [-0.39, 0.29) is 30.9 Å². The molecule has 2 saturated heterocycles. The topological polar surface area (TPSA) is 90.4 Å². The largest absolute Gasteiger partial charge is 0.394 e. The molecule has 6 atom stereocenters. The number of amides is 3. The van der Waals surface area contributed by atoms with Crippen molar-refractivity contribution >= 4 is 35.0 Å². The lowest BCUT2D eigenvalue weighted by molar-refractivity contribution is -0.146. The van der Waals surface area contributed by atoms with Crippen molar-refractivity contribution in [3.8, 4) is 0 Å². The van der Waals surface area contributed by atoms with Crippen LogP contribution in [0.4, 0.5) is 5.69 Å². The summed E-state index contributed by atoms with van der Waals surface area (Å²) in [6.07, 6.45) is 7.00. The molecular weight excluding hydrogens is 518 g/mol. The zero-order valence-corrected chi connectivity index (χ0v) is 22.3. The fourth-order valence-corrected chi connectivity index (χ4v) is 6.86. The Bertz CT molecular complexity index is 1360. The second kappa shape index (κ2) is 9.93. The quantitative estimate of drug-likeness (QED) is 0.581. The normalized spacial score (nSPS) is 30.6. The molecule has 8 nitrogen and oxygen atoms in total. The minimum Gasteiger partial charge on any atom is -0.394 e. The third kappa shape index (κ3) is 4.01. The summed E-state index contributed by atoms with van der Waals surface area (Å²) >= 11 is 6.51. The van der Waals surface area contributed by atoms with Crippen LogP contribution in [0.2, 0.25) is 5.02 Å². The van der Waals surface area contributed by atoms with Gasteiger partial charge < -0.3 is 24.5 Å². The number of hydrogen-bond donors (Lipinski definition) is 1. The third-order valence-corrected chi connectivity index (χ3v) is 8.68. The van der Waals surface area contributed by atoms with Crippen LogP contribution in [0.5, 0.6) is 0 Å². The van der Waals surface area contributed by atoms with E-state index in [4.69, 9.17) is 16.3 Å². The maximum Gasteiger partial charge on any atom is 0.253 e. The number of anilines is 1. The summed E-state index contributed by atoms with van der Waals surface area (Å²) in [6.45, 7) is 0.282. The molecule has 0 aromatic heterocycles. The van der Waals surface area contributed by atoms with Crippen molar-refractivity contribution in [2.24, 2.45) is 11.8 Å². The second-order valence-corrected chi connectivity index (χ2v) is 11.0. The van der Waals surface area contributed by atoms with Gasteiger partial charge in [0.05, 0.1) is 41.3 Å². The molecule has 1 N–H and O–H groups in total. The average molecular weight is 548 g/mol. The first-order valence-electron chi connectivity index (χ1n) is 13.2. The fourth-order valence-electron chi connectivity index (χ4n) is 6.62. The number of rotatable bonds is 5. The fraction of sp³-hybridized carbons (Fsp3) is 0.367. The van der Waals surface area contributed by atoms with Crippen molar-refractivity contribution in [3.63, 3.8) is 0 Å². The predicted octanol–water partition coefficient (Wildman–Crippen LogP) is 2.46. The summed E-state index contributed by atoms with van der Waals surface area (Å²) in [6, 6.07) is 14.8. The molecule has 9 heteroatoms. The third-order valence-electron chi connectivity index (χ3n) is 8.36. The van der Waals surface area contributed by atoms with E-state index in [1.807, 2.05) is 48.6 Å². The van der Waals surface area contributed by atoms with Crippen LogP contribution in [-0.4, -0.2) is 83.2 Å². The summed E-state index contributed by atoms with van der Waals surface area (Å²) in [5, 5.41) is 11.0. The smallest absolute Gasteiger partial charge is 0.253 e. The van der Waals surface area contributed by atoms with Gasteiger partial charge in [0.15, 0.2) is 0 Å². The number of likely N-dealkylation sites (N-methyl/N-ethyl adjacent to an activating group) is 1. The van der Waals surface area contributed by atoms with Gasteiger partial charge in [0.1, 0.15) is 11.6 Å². The molecule has 4 heterocycles. The molecular formula is C30H30ClN3O5. The lowest BCUT2D eigenvalue weighted by atomic mass is 9.77. The molecule has 1 unspecified atom stereocenters. The lowest BCUT2D eigenvalue weighted by Crippen LogP contribution is -2.58. The number of ether oxygens (including phenoxy) is 1. The Balaban J connectivity index is 1.49. The van der Waals surface area contributed by atoms with E-state index in [2.05, 4.69) is 0 Å². The van der Waals surface area contributed by atoms with Gasteiger partial charge in [-0.1, -0.05) is 78.4 Å². The standard InChI is InChI=1S/C30H30ClN3O5/c1-32-15-7-13-23-24(27(32)36)25-28(37)34(20(18-35)17-19-9-3-2-4-10-19)26-29(38)33(16-8-14-30(25,26)39-23)22-12-6-5-11-21(22)31/h2-14,20,23-26,35H,15-18H2,1H3/t20-,23+,24-,25+,26?,30+/m1/s1. The number of benzene rings is 2. The number of halogens is 1. The maximum atomic E-state index is 14.5. The van der Waals surface area contributed by atoms with E-state index in [0.717, 1.165) is 5.56 Å². The average Bonchev–Trinajstić information content (AvgIpc) is 3.27. The number of aliphatic hydroxyl groups is 1. The van der Waals surface area contributed by atoms with Gasteiger partial charge in [-0.25, -0.2) is 0 Å². The predicted molar refractivity (Wildman–Crippen MR) is 146 cm³/mol. The van der Waals surface area contributed by atoms with Crippen LogP contribution in [0, 0.1) is 11.8 Å². The van der Waals surface area contributed by atoms with Gasteiger partial charge in [0, 0.05) is 20.1 Å². The highest BCUT2D eigenvalue weighted by Crippen LogP contribution is 2.54. The second-order valence-electron chi connectivity index (χ2n) is 10.6. The number of hydrogen-bond acceptors (Lipinski definition) is 5. The number of carbonyl (C=O) groups is 3. The van der Waals surface area contributed by atoms with E-state index in [0.29, 0.717) is 23.7 Å². The summed E-state index contributed by atoms with van der Waals surface area (Å²) in [5.41, 5.74) is 0.0669. The number of fused-ring (bicyclic) bond motifs is 2. The zero-order chi connectivity index (χ0) is 27.3. The molecule has 4 aliphatic heterocycles. The molecule has 0 aliphatic carbocycles. The number of nitrogens with zero attached hydrogens (tertiary/aromatic N) is 3. The first kappa shape index (κ1) is 25.8. The maximum absolute atomic E-state index is 14.5. The molecule has 6 rings (SSSR count). The Morgan fingerprint density at radius 3 is 2.49 bits per heavy atom. The van der Waals surface area contributed by atoms with Crippen molar-refractivity contribution < 1.29 is 24.2 Å². The summed E-state index contributed by atoms with van der Waals surface area (Å²) < 4.78 is 6.64. The lowest BCUT2D eigenvalue weighted by Gasteiger charge is -2.38. The van der Waals surface area contributed by atoms with Crippen LogP contribution in [0.25, 0.3) is 0 Å². The summed E-state index contributed by atoms with van der Waals surface area (Å²) in [7, 11) is 1.70. The van der Waals surface area contributed by atoms with E-state index in [9.17, 15) is 19.5 Å². The van der Waals surface area contributed by atoms with E-state index in [1.165, 1.54) is 4.90 Å². The molecule has 1 spiro atoms. The van der Waals surface area contributed by atoms with Gasteiger partial charge in [0.25, 0.3) is 5.91 Å². The van der Waals surface area contributed by atoms with Crippen molar-refractivity contribution in [1.82, 2.24) is 9.80 Å². The highest BCUT2D eigenvalue weighted by molar-refractivity contribution is 6.34. The molecule has 0 radical (unpaired) electrons. The van der Waals surface area contributed by atoms with Crippen LogP contribution in [0.3, 0.4) is 0 Å². The number of likely N-dealkylation sites (tertiary alicyclic amines) is 1. The van der Waals surface area contributed by atoms with Gasteiger partial charge in [-0.15, -0.1) is 0 Å². The van der Waals surface area contributed by atoms with Crippen LogP contribution in [-0.2, 0) is 25.5 Å². The van der Waals surface area contributed by atoms with Crippen molar-refractivity contribution in [3.05, 3.63) is 89.5 Å². The van der Waals surface area contributed by atoms with Gasteiger partial charge >= 0.3 is 0 Å².